The SMILES string of the molecule is Oc1c(O)c(O)c(-c2c3c(c(-c4c(O)c(O)c(O)c(O)c4O)c4ccccc24)CCC=C3)c(O)c1O. The van der Waals surface area contributed by atoms with Gasteiger partial charge in [-0.15, -0.1) is 0 Å². The lowest BCUT2D eigenvalue weighted by Crippen LogP contribution is -2.03. The van der Waals surface area contributed by atoms with Gasteiger partial charge in [-0.2, -0.15) is 0 Å². The minimum atomic E-state index is -1.11. The number of benzene rings is 4. The van der Waals surface area contributed by atoms with Gasteiger partial charge in [0.1, 0.15) is 0 Å². The lowest BCUT2D eigenvalue weighted by molar-refractivity contribution is 0.330. The molecule has 0 unspecified atom stereocenters. The van der Waals surface area contributed by atoms with Crippen LogP contribution in [0.5, 0.6) is 57.5 Å². The van der Waals surface area contributed by atoms with Crippen molar-refractivity contribution in [3.63, 3.8) is 0 Å². The van der Waals surface area contributed by atoms with Crippen molar-refractivity contribution in [1.29, 1.82) is 0 Å². The van der Waals surface area contributed by atoms with E-state index in [1.807, 2.05) is 0 Å². The lowest BCUT2D eigenvalue weighted by Gasteiger charge is -2.25. The van der Waals surface area contributed by atoms with Crippen molar-refractivity contribution in [1.82, 2.24) is 0 Å². The van der Waals surface area contributed by atoms with Crippen LogP contribution in [0.15, 0.2) is 30.3 Å². The Morgan fingerprint density at radius 3 is 1.31 bits per heavy atom. The molecule has 0 amide bonds. The second-order valence-corrected chi connectivity index (χ2v) is 8.36. The summed E-state index contributed by atoms with van der Waals surface area (Å²) in [4.78, 5) is 0. The molecule has 5 rings (SSSR count). The second kappa shape index (κ2) is 7.70. The molecule has 0 heterocycles. The van der Waals surface area contributed by atoms with Crippen LogP contribution in [0, 0.1) is 0 Å². The van der Waals surface area contributed by atoms with Crippen LogP contribution in [0.1, 0.15) is 17.5 Å². The Labute approximate surface area is 202 Å². The highest BCUT2D eigenvalue weighted by Gasteiger charge is 2.32. The van der Waals surface area contributed by atoms with E-state index in [0.717, 1.165) is 0 Å². The molecule has 0 fully saturated rings. The van der Waals surface area contributed by atoms with Crippen LogP contribution >= 0.6 is 0 Å². The molecule has 36 heavy (non-hydrogen) atoms. The van der Waals surface area contributed by atoms with Gasteiger partial charge in [-0.1, -0.05) is 36.4 Å². The first-order valence-electron chi connectivity index (χ1n) is 10.7. The minimum absolute atomic E-state index is 0.159. The predicted octanol–water partition coefficient (Wildman–Crippen LogP) is 4.19. The number of hydrogen-bond donors (Lipinski definition) is 10. The first-order chi connectivity index (χ1) is 17.1. The number of allylic oxidation sites excluding steroid dienone is 1. The summed E-state index contributed by atoms with van der Waals surface area (Å²) in [5.74, 6) is -9.96. The quantitative estimate of drug-likeness (QED) is 0.143. The highest BCUT2D eigenvalue weighted by Crippen LogP contribution is 2.60. The molecule has 0 aliphatic heterocycles. The van der Waals surface area contributed by atoms with E-state index in [-0.39, 0.29) is 22.3 Å². The zero-order chi connectivity index (χ0) is 26.0. The topological polar surface area (TPSA) is 202 Å². The van der Waals surface area contributed by atoms with Gasteiger partial charge in [0.15, 0.2) is 23.0 Å². The molecule has 0 saturated carbocycles. The van der Waals surface area contributed by atoms with Crippen LogP contribution in [0.4, 0.5) is 0 Å². The number of phenolic OH excluding ortho intramolecular Hbond substituents is 10. The van der Waals surface area contributed by atoms with Crippen molar-refractivity contribution >= 4 is 16.8 Å². The van der Waals surface area contributed by atoms with Crippen molar-refractivity contribution in [2.75, 3.05) is 0 Å². The molecular formula is C26H20O10. The number of phenols is 10. The van der Waals surface area contributed by atoms with Crippen LogP contribution in [0.3, 0.4) is 0 Å². The highest BCUT2D eigenvalue weighted by molar-refractivity contribution is 6.13. The third-order valence-corrected chi connectivity index (χ3v) is 6.45. The van der Waals surface area contributed by atoms with E-state index in [1.165, 1.54) is 0 Å². The van der Waals surface area contributed by atoms with Gasteiger partial charge in [0.05, 0.1) is 11.1 Å². The third-order valence-electron chi connectivity index (χ3n) is 6.45. The second-order valence-electron chi connectivity index (χ2n) is 8.36. The van der Waals surface area contributed by atoms with E-state index in [4.69, 9.17) is 0 Å². The number of rotatable bonds is 2. The molecule has 0 atom stereocenters. The van der Waals surface area contributed by atoms with Gasteiger partial charge in [-0.05, 0) is 34.7 Å². The first kappa shape index (κ1) is 22.7. The molecular weight excluding hydrogens is 472 g/mol. The monoisotopic (exact) mass is 492 g/mol. The Morgan fingerprint density at radius 2 is 0.833 bits per heavy atom. The van der Waals surface area contributed by atoms with Gasteiger partial charge in [-0.25, -0.2) is 0 Å². The minimum Gasteiger partial charge on any atom is -0.504 e. The van der Waals surface area contributed by atoms with Crippen LogP contribution in [-0.2, 0) is 6.42 Å². The standard InChI is InChI=1S/C26H20O10/c27-17-15(18(28)22(32)25(35)21(17)31)13-9-5-1-2-6-10(9)14(12-8-4-3-7-11(12)13)16-19(29)23(33)26(36)24(34)20(16)30/h1-3,5-7,27-36H,4,8H2. The van der Waals surface area contributed by atoms with Gasteiger partial charge in [0.25, 0.3) is 0 Å². The fourth-order valence-electron chi connectivity index (χ4n) is 4.78. The maximum atomic E-state index is 10.7. The molecule has 0 spiro atoms. The molecule has 184 valence electrons. The molecule has 4 aromatic carbocycles. The fourth-order valence-corrected chi connectivity index (χ4v) is 4.78. The average Bonchev–Trinajstić information content (AvgIpc) is 2.89. The molecule has 10 N–H and O–H groups in total. The molecule has 0 radical (unpaired) electrons. The molecule has 10 nitrogen and oxygen atoms in total. The Hall–Kier alpha value is -5.12. The van der Waals surface area contributed by atoms with Gasteiger partial charge in [-0.3, -0.25) is 0 Å². The van der Waals surface area contributed by atoms with Gasteiger partial charge in [0, 0.05) is 11.1 Å². The largest absolute Gasteiger partial charge is 0.504 e. The van der Waals surface area contributed by atoms with Gasteiger partial charge >= 0.3 is 0 Å². The summed E-state index contributed by atoms with van der Waals surface area (Å²) >= 11 is 0. The van der Waals surface area contributed by atoms with E-state index in [9.17, 15) is 51.1 Å². The van der Waals surface area contributed by atoms with Crippen LogP contribution in [0.25, 0.3) is 39.1 Å². The van der Waals surface area contributed by atoms with E-state index >= 15 is 0 Å². The van der Waals surface area contributed by atoms with E-state index in [1.54, 1.807) is 36.4 Å². The molecule has 4 aromatic rings. The smallest absolute Gasteiger partial charge is 0.208 e. The summed E-state index contributed by atoms with van der Waals surface area (Å²) in [6.45, 7) is 0. The van der Waals surface area contributed by atoms with E-state index < -0.39 is 57.5 Å². The molecule has 1 aliphatic rings. The summed E-state index contributed by atoms with van der Waals surface area (Å²) in [6.07, 6.45) is 4.22. The molecule has 0 aromatic heterocycles. The Bertz CT molecular complexity index is 1580. The maximum absolute atomic E-state index is 10.7. The van der Waals surface area contributed by atoms with E-state index in [2.05, 4.69) is 0 Å². The Kier molecular flexibility index (Phi) is 4.85. The lowest BCUT2D eigenvalue weighted by atomic mass is 9.79. The summed E-state index contributed by atoms with van der Waals surface area (Å²) in [7, 11) is 0. The molecule has 1 aliphatic carbocycles. The van der Waals surface area contributed by atoms with E-state index in [0.29, 0.717) is 34.7 Å². The van der Waals surface area contributed by atoms with Crippen molar-refractivity contribution in [3.05, 3.63) is 41.5 Å². The molecule has 0 saturated heterocycles. The van der Waals surface area contributed by atoms with Crippen LogP contribution in [-0.4, -0.2) is 51.1 Å². The Morgan fingerprint density at radius 1 is 0.444 bits per heavy atom. The summed E-state index contributed by atoms with van der Waals surface area (Å²) in [5, 5.41) is 104. The van der Waals surface area contributed by atoms with Crippen molar-refractivity contribution in [2.45, 2.75) is 12.8 Å². The highest BCUT2D eigenvalue weighted by atomic mass is 16.4. The number of aromatic hydroxyl groups is 10. The number of fused-ring (bicyclic) bond motifs is 2. The van der Waals surface area contributed by atoms with Crippen molar-refractivity contribution in [2.24, 2.45) is 0 Å². The summed E-state index contributed by atoms with van der Waals surface area (Å²) in [6, 6.07) is 6.40. The normalized spacial score (nSPS) is 12.7. The zero-order valence-corrected chi connectivity index (χ0v) is 18.4. The van der Waals surface area contributed by atoms with Crippen LogP contribution < -0.4 is 0 Å². The molecule has 10 heteroatoms. The summed E-state index contributed by atoms with van der Waals surface area (Å²) in [5.41, 5.74) is 0.427. The van der Waals surface area contributed by atoms with Crippen molar-refractivity contribution < 1.29 is 51.1 Å². The Balaban J connectivity index is 2.04. The van der Waals surface area contributed by atoms with Gasteiger partial charge in [0.2, 0.25) is 34.5 Å². The maximum Gasteiger partial charge on any atom is 0.208 e. The predicted molar refractivity (Wildman–Crippen MR) is 129 cm³/mol. The molecule has 0 bridgehead atoms. The number of hydrogen-bond acceptors (Lipinski definition) is 10. The van der Waals surface area contributed by atoms with Crippen LogP contribution in [0.2, 0.25) is 0 Å². The fraction of sp³-hybridized carbons (Fsp3) is 0.0769. The van der Waals surface area contributed by atoms with Crippen molar-refractivity contribution in [3.8, 4) is 79.7 Å². The van der Waals surface area contributed by atoms with Gasteiger partial charge < -0.3 is 51.1 Å². The average molecular weight is 492 g/mol. The zero-order valence-electron chi connectivity index (χ0n) is 18.4. The summed E-state index contributed by atoms with van der Waals surface area (Å²) < 4.78 is 0. The first-order valence-corrected chi connectivity index (χ1v) is 10.7. The third kappa shape index (κ3) is 2.84.